The van der Waals surface area contributed by atoms with Crippen LogP contribution in [0.25, 0.3) is 11.0 Å². The molecule has 1 amide bonds. The molecule has 4 aromatic rings. The number of furan rings is 2. The monoisotopic (exact) mass is 461 g/mol. The minimum atomic E-state index is -0.943. The van der Waals surface area contributed by atoms with Crippen molar-refractivity contribution in [1.29, 1.82) is 0 Å². The predicted molar refractivity (Wildman–Crippen MR) is 125 cm³/mol. The molecule has 2 aromatic carbocycles. The largest absolute Gasteiger partial charge is 0.503 e. The highest BCUT2D eigenvalue weighted by Gasteiger charge is 2.46. The van der Waals surface area contributed by atoms with Crippen molar-refractivity contribution in [1.82, 2.24) is 0 Å². The fraction of sp³-hybridized carbons (Fsp3) is 0.154. The number of hydrogen-bond donors (Lipinski definition) is 1. The van der Waals surface area contributed by atoms with Gasteiger partial charge in [0.25, 0.3) is 5.91 Å². The highest BCUT2D eigenvalue weighted by molar-refractivity contribution is 6.31. The number of fused-ring (bicyclic) bond motifs is 1. The standard InChI is InChI=1S/C26H20ClNO5/c1-14(2)15-5-8-18(9-6-15)28-23(20-4-3-11-32-20)22(25(30)26(28)31)24(29)21-13-16-12-17(27)7-10-19(16)33-21/h3-14,23,30H,1-2H3. The molecule has 0 spiro atoms. The Labute approximate surface area is 194 Å². The van der Waals surface area contributed by atoms with Crippen LogP contribution in [0.4, 0.5) is 5.69 Å². The number of nitrogens with zero attached hydrogens (tertiary/aromatic N) is 1. The van der Waals surface area contributed by atoms with E-state index in [1.807, 2.05) is 12.1 Å². The highest BCUT2D eigenvalue weighted by Crippen LogP contribution is 2.42. The van der Waals surface area contributed by atoms with Crippen LogP contribution in [0.5, 0.6) is 0 Å². The third-order valence-corrected chi connectivity index (χ3v) is 6.04. The zero-order chi connectivity index (χ0) is 23.3. The van der Waals surface area contributed by atoms with Crippen LogP contribution in [0, 0.1) is 0 Å². The van der Waals surface area contributed by atoms with E-state index in [1.54, 1.807) is 48.5 Å². The Hall–Kier alpha value is -3.77. The van der Waals surface area contributed by atoms with Crippen molar-refractivity contribution in [3.05, 3.63) is 100 Å². The number of ketones is 1. The third kappa shape index (κ3) is 3.52. The molecule has 166 valence electrons. The van der Waals surface area contributed by atoms with Gasteiger partial charge in [0, 0.05) is 16.1 Å². The summed E-state index contributed by atoms with van der Waals surface area (Å²) in [6.07, 6.45) is 1.46. The third-order valence-electron chi connectivity index (χ3n) is 5.81. The number of rotatable bonds is 5. The van der Waals surface area contributed by atoms with E-state index in [0.717, 1.165) is 5.56 Å². The molecule has 0 radical (unpaired) electrons. The minimum absolute atomic E-state index is 0.00446. The molecule has 1 aliphatic heterocycles. The molecule has 0 saturated carbocycles. The van der Waals surface area contributed by atoms with Crippen LogP contribution in [0.2, 0.25) is 5.02 Å². The van der Waals surface area contributed by atoms with Crippen molar-refractivity contribution in [3.63, 3.8) is 0 Å². The summed E-state index contributed by atoms with van der Waals surface area (Å²) in [5.41, 5.74) is 2.02. The fourth-order valence-electron chi connectivity index (χ4n) is 4.10. The van der Waals surface area contributed by atoms with Crippen LogP contribution >= 0.6 is 11.6 Å². The summed E-state index contributed by atoms with van der Waals surface area (Å²) in [5, 5.41) is 12.0. The average Bonchev–Trinajstić information content (AvgIpc) is 3.52. The number of aliphatic hydroxyl groups excluding tert-OH is 1. The molecule has 0 saturated heterocycles. The maximum atomic E-state index is 13.5. The number of amides is 1. The minimum Gasteiger partial charge on any atom is -0.503 e. The Morgan fingerprint density at radius 3 is 2.52 bits per heavy atom. The van der Waals surface area contributed by atoms with Gasteiger partial charge in [-0.05, 0) is 60.0 Å². The molecule has 0 fully saturated rings. The van der Waals surface area contributed by atoms with E-state index >= 15 is 0 Å². The first-order valence-electron chi connectivity index (χ1n) is 10.5. The highest BCUT2D eigenvalue weighted by atomic mass is 35.5. The van der Waals surface area contributed by atoms with E-state index in [-0.39, 0.29) is 11.3 Å². The van der Waals surface area contributed by atoms with Crippen LogP contribution in [0.15, 0.2) is 87.1 Å². The van der Waals surface area contributed by atoms with Gasteiger partial charge in [0.15, 0.2) is 11.5 Å². The number of carbonyl (C=O) groups excluding carboxylic acids is 2. The average molecular weight is 462 g/mol. The predicted octanol–water partition coefficient (Wildman–Crippen LogP) is 6.59. The lowest BCUT2D eigenvalue weighted by Crippen LogP contribution is -2.30. The molecule has 0 bridgehead atoms. The molecule has 33 heavy (non-hydrogen) atoms. The van der Waals surface area contributed by atoms with E-state index in [4.69, 9.17) is 20.4 Å². The molecule has 6 nitrogen and oxygen atoms in total. The van der Waals surface area contributed by atoms with Crippen molar-refractivity contribution >= 4 is 39.9 Å². The van der Waals surface area contributed by atoms with Crippen molar-refractivity contribution in [3.8, 4) is 0 Å². The molecule has 0 aliphatic carbocycles. The molecule has 1 N–H and O–H groups in total. The summed E-state index contributed by atoms with van der Waals surface area (Å²) in [6, 6.07) is 16.4. The van der Waals surface area contributed by atoms with Gasteiger partial charge < -0.3 is 13.9 Å². The Morgan fingerprint density at radius 1 is 1.09 bits per heavy atom. The fourth-order valence-corrected chi connectivity index (χ4v) is 4.28. The Bertz CT molecular complexity index is 1400. The summed E-state index contributed by atoms with van der Waals surface area (Å²) >= 11 is 6.05. The van der Waals surface area contributed by atoms with Crippen LogP contribution in [-0.4, -0.2) is 16.8 Å². The van der Waals surface area contributed by atoms with Gasteiger partial charge in [0.05, 0.1) is 11.8 Å². The van der Waals surface area contributed by atoms with Gasteiger partial charge in [-0.3, -0.25) is 14.5 Å². The second-order valence-electron chi connectivity index (χ2n) is 8.22. The number of hydrogen-bond acceptors (Lipinski definition) is 5. The number of aliphatic hydroxyl groups is 1. The number of anilines is 1. The molecule has 1 unspecified atom stereocenters. The molecule has 3 heterocycles. The number of halogens is 1. The summed E-state index contributed by atoms with van der Waals surface area (Å²) < 4.78 is 11.3. The van der Waals surface area contributed by atoms with Crippen LogP contribution in [-0.2, 0) is 4.79 Å². The zero-order valence-corrected chi connectivity index (χ0v) is 18.7. The quantitative estimate of drug-likeness (QED) is 0.339. The van der Waals surface area contributed by atoms with E-state index in [9.17, 15) is 14.7 Å². The Balaban J connectivity index is 1.60. The maximum Gasteiger partial charge on any atom is 0.294 e. The van der Waals surface area contributed by atoms with Gasteiger partial charge in [-0.25, -0.2) is 0 Å². The first-order chi connectivity index (χ1) is 15.8. The Kier molecular flexibility index (Phi) is 5.10. The molecule has 1 aliphatic rings. The first kappa shape index (κ1) is 21.1. The van der Waals surface area contributed by atoms with Crippen LogP contribution < -0.4 is 4.90 Å². The summed E-state index contributed by atoms with van der Waals surface area (Å²) in [6.45, 7) is 4.15. The van der Waals surface area contributed by atoms with Crippen molar-refractivity contribution in [2.75, 3.05) is 4.90 Å². The normalized spacial score (nSPS) is 16.4. The molecule has 1 atom stereocenters. The van der Waals surface area contributed by atoms with E-state index < -0.39 is 23.5 Å². The van der Waals surface area contributed by atoms with E-state index in [2.05, 4.69) is 13.8 Å². The molecular formula is C26H20ClNO5. The molecule has 7 heteroatoms. The smallest absolute Gasteiger partial charge is 0.294 e. The SMILES string of the molecule is CC(C)c1ccc(N2C(=O)C(O)=C(C(=O)c3cc4cc(Cl)ccc4o3)C2c2ccco2)cc1. The van der Waals surface area contributed by atoms with Crippen molar-refractivity contribution in [2.45, 2.75) is 25.8 Å². The lowest BCUT2D eigenvalue weighted by atomic mass is 9.98. The van der Waals surface area contributed by atoms with E-state index in [1.165, 1.54) is 11.2 Å². The Morgan fingerprint density at radius 2 is 1.85 bits per heavy atom. The van der Waals surface area contributed by atoms with Gasteiger partial charge in [0.2, 0.25) is 5.78 Å². The number of Topliss-reactive ketones (excluding diaryl/α,β-unsaturated/α-hetero) is 1. The van der Waals surface area contributed by atoms with Crippen molar-refractivity contribution in [2.24, 2.45) is 0 Å². The lowest BCUT2D eigenvalue weighted by molar-refractivity contribution is -0.117. The first-order valence-corrected chi connectivity index (χ1v) is 10.9. The molecule has 2 aromatic heterocycles. The van der Waals surface area contributed by atoms with Gasteiger partial charge in [-0.15, -0.1) is 0 Å². The van der Waals surface area contributed by atoms with Gasteiger partial charge >= 0.3 is 0 Å². The van der Waals surface area contributed by atoms with Crippen molar-refractivity contribution < 1.29 is 23.5 Å². The summed E-state index contributed by atoms with van der Waals surface area (Å²) in [4.78, 5) is 28.1. The number of benzene rings is 2. The molecule has 5 rings (SSSR count). The second kappa shape index (κ2) is 7.98. The van der Waals surface area contributed by atoms with Crippen LogP contribution in [0.3, 0.4) is 0 Å². The van der Waals surface area contributed by atoms with Crippen LogP contribution in [0.1, 0.15) is 47.7 Å². The number of carbonyl (C=O) groups is 2. The van der Waals surface area contributed by atoms with E-state index in [0.29, 0.717) is 33.4 Å². The maximum absolute atomic E-state index is 13.5. The summed E-state index contributed by atoms with van der Waals surface area (Å²) in [5.74, 6) is -1.25. The van der Waals surface area contributed by atoms with Gasteiger partial charge in [-0.2, -0.15) is 0 Å². The lowest BCUT2D eigenvalue weighted by Gasteiger charge is -2.25. The second-order valence-corrected chi connectivity index (χ2v) is 8.66. The zero-order valence-electron chi connectivity index (χ0n) is 17.9. The van der Waals surface area contributed by atoms with Gasteiger partial charge in [-0.1, -0.05) is 37.6 Å². The van der Waals surface area contributed by atoms with Gasteiger partial charge in [0.1, 0.15) is 17.4 Å². The summed E-state index contributed by atoms with van der Waals surface area (Å²) in [7, 11) is 0. The topological polar surface area (TPSA) is 83.9 Å². The molecular weight excluding hydrogens is 442 g/mol.